The summed E-state index contributed by atoms with van der Waals surface area (Å²) in [6.07, 6.45) is 4.91. The Morgan fingerprint density at radius 2 is 2.32 bits per heavy atom. The predicted octanol–water partition coefficient (Wildman–Crippen LogP) is 0.590. The zero-order chi connectivity index (χ0) is 13.8. The van der Waals surface area contributed by atoms with Crippen molar-refractivity contribution in [2.75, 3.05) is 11.9 Å². The summed E-state index contributed by atoms with van der Waals surface area (Å²) in [6, 6.07) is -0.358. The van der Waals surface area contributed by atoms with Crippen LogP contribution in [0.3, 0.4) is 0 Å². The Hall–Kier alpha value is -1.85. The summed E-state index contributed by atoms with van der Waals surface area (Å²) in [5.74, 6) is 0.572. The van der Waals surface area contributed by atoms with E-state index < -0.39 is 0 Å². The lowest BCUT2D eigenvalue weighted by molar-refractivity contribution is -0.123. The summed E-state index contributed by atoms with van der Waals surface area (Å²) < 4.78 is 1.63. The third-order valence-corrected chi connectivity index (χ3v) is 3.07. The van der Waals surface area contributed by atoms with Crippen LogP contribution >= 0.6 is 0 Å². The maximum absolute atomic E-state index is 12.2. The van der Waals surface area contributed by atoms with Crippen LogP contribution < -0.4 is 16.2 Å². The first-order valence-electron chi connectivity index (χ1n) is 6.67. The Kier molecular flexibility index (Phi) is 4.19. The molecule has 1 unspecified atom stereocenters. The molecule has 2 N–H and O–H groups in total. The molecule has 19 heavy (non-hydrogen) atoms. The van der Waals surface area contributed by atoms with Crippen molar-refractivity contribution < 1.29 is 4.79 Å². The molecule has 0 saturated carbocycles. The Bertz CT molecular complexity index is 510. The first-order chi connectivity index (χ1) is 9.08. The highest BCUT2D eigenvalue weighted by atomic mass is 16.2. The lowest BCUT2D eigenvalue weighted by atomic mass is 10.1. The van der Waals surface area contributed by atoms with Crippen LogP contribution in [0.25, 0.3) is 0 Å². The number of amides is 1. The molecule has 0 radical (unpaired) electrons. The van der Waals surface area contributed by atoms with E-state index in [1.807, 2.05) is 0 Å². The first-order valence-corrected chi connectivity index (χ1v) is 6.67. The molecule has 0 aromatic carbocycles. The number of anilines is 1. The summed E-state index contributed by atoms with van der Waals surface area (Å²) in [5, 5.41) is 5.74. The maximum atomic E-state index is 12.2. The molecule has 2 rings (SSSR count). The van der Waals surface area contributed by atoms with Gasteiger partial charge in [-0.2, -0.15) is 0 Å². The Labute approximate surface area is 112 Å². The van der Waals surface area contributed by atoms with Gasteiger partial charge in [-0.25, -0.2) is 4.98 Å². The number of aromatic nitrogens is 2. The van der Waals surface area contributed by atoms with Crippen LogP contribution in [0.2, 0.25) is 0 Å². The third kappa shape index (κ3) is 3.33. The van der Waals surface area contributed by atoms with E-state index in [2.05, 4.69) is 29.5 Å². The van der Waals surface area contributed by atoms with E-state index in [1.54, 1.807) is 17.0 Å². The van der Waals surface area contributed by atoms with Gasteiger partial charge in [-0.1, -0.05) is 13.8 Å². The monoisotopic (exact) mass is 264 g/mol. The molecule has 104 valence electrons. The second-order valence-corrected chi connectivity index (χ2v) is 5.26. The molecule has 1 saturated heterocycles. The van der Waals surface area contributed by atoms with Crippen molar-refractivity contribution >= 4 is 11.7 Å². The van der Waals surface area contributed by atoms with E-state index in [4.69, 9.17) is 0 Å². The Balaban J connectivity index is 2.16. The molecule has 1 aliphatic heterocycles. The van der Waals surface area contributed by atoms with E-state index >= 15 is 0 Å². The van der Waals surface area contributed by atoms with Crippen molar-refractivity contribution in [3.05, 3.63) is 22.7 Å². The predicted molar refractivity (Wildman–Crippen MR) is 73.0 cm³/mol. The molecule has 0 bridgehead atoms. The van der Waals surface area contributed by atoms with Crippen molar-refractivity contribution in [1.82, 2.24) is 14.9 Å². The number of piperidine rings is 1. The molecule has 1 amide bonds. The van der Waals surface area contributed by atoms with Gasteiger partial charge in [-0.05, 0) is 18.8 Å². The van der Waals surface area contributed by atoms with Gasteiger partial charge in [0.1, 0.15) is 6.04 Å². The lowest BCUT2D eigenvalue weighted by Gasteiger charge is -2.23. The van der Waals surface area contributed by atoms with Gasteiger partial charge < -0.3 is 15.2 Å². The quantitative estimate of drug-likeness (QED) is 0.834. The lowest BCUT2D eigenvalue weighted by Crippen LogP contribution is -2.45. The van der Waals surface area contributed by atoms with Crippen molar-refractivity contribution in [1.29, 1.82) is 0 Å². The van der Waals surface area contributed by atoms with Crippen LogP contribution in [0.4, 0.5) is 5.82 Å². The van der Waals surface area contributed by atoms with Crippen LogP contribution in [0.15, 0.2) is 17.2 Å². The fourth-order valence-corrected chi connectivity index (χ4v) is 2.16. The smallest absolute Gasteiger partial charge is 0.293 e. The van der Waals surface area contributed by atoms with E-state index in [0.717, 1.165) is 12.8 Å². The van der Waals surface area contributed by atoms with Crippen LogP contribution in [-0.4, -0.2) is 28.0 Å². The summed E-state index contributed by atoms with van der Waals surface area (Å²) >= 11 is 0. The molecule has 0 spiro atoms. The number of nitrogens with one attached hydrogen (secondary N) is 2. The van der Waals surface area contributed by atoms with Crippen LogP contribution in [0.1, 0.15) is 26.7 Å². The van der Waals surface area contributed by atoms with Gasteiger partial charge in [0.05, 0.1) is 0 Å². The minimum absolute atomic E-state index is 0.0632. The first kappa shape index (κ1) is 13.6. The second kappa shape index (κ2) is 5.86. The fraction of sp³-hybridized carbons (Fsp3) is 0.615. The zero-order valence-corrected chi connectivity index (χ0v) is 11.3. The Morgan fingerprint density at radius 3 is 3.00 bits per heavy atom. The summed E-state index contributed by atoms with van der Waals surface area (Å²) in [4.78, 5) is 27.9. The summed E-state index contributed by atoms with van der Waals surface area (Å²) in [5.41, 5.74) is -0.172. The fourth-order valence-electron chi connectivity index (χ4n) is 2.16. The third-order valence-electron chi connectivity index (χ3n) is 3.07. The molecule has 1 fully saturated rings. The largest absolute Gasteiger partial charge is 0.354 e. The van der Waals surface area contributed by atoms with Crippen LogP contribution in [0.5, 0.6) is 0 Å². The summed E-state index contributed by atoms with van der Waals surface area (Å²) in [7, 11) is 0. The average Bonchev–Trinajstić information content (AvgIpc) is 2.36. The number of carbonyl (C=O) groups excluding carboxylic acids is 1. The number of carbonyl (C=O) groups is 1. The van der Waals surface area contributed by atoms with Gasteiger partial charge in [0.2, 0.25) is 5.91 Å². The second-order valence-electron chi connectivity index (χ2n) is 5.26. The molecule has 1 aromatic heterocycles. The van der Waals surface area contributed by atoms with E-state index in [1.165, 1.54) is 0 Å². The topological polar surface area (TPSA) is 76.0 Å². The molecule has 2 heterocycles. The van der Waals surface area contributed by atoms with Gasteiger partial charge in [0, 0.05) is 25.5 Å². The van der Waals surface area contributed by atoms with Crippen molar-refractivity contribution in [3.63, 3.8) is 0 Å². The standard InChI is InChI=1S/C13H20N4O2/c1-9(2)8-17-7-6-14-11(13(17)19)16-10-4-3-5-15-12(10)18/h6-7,9-10H,3-5,8H2,1-2H3,(H,14,16)(H,15,18). The highest BCUT2D eigenvalue weighted by molar-refractivity contribution is 5.84. The highest BCUT2D eigenvalue weighted by Crippen LogP contribution is 2.08. The van der Waals surface area contributed by atoms with Crippen LogP contribution in [-0.2, 0) is 11.3 Å². The van der Waals surface area contributed by atoms with Gasteiger partial charge in [0.25, 0.3) is 5.56 Å². The Morgan fingerprint density at radius 1 is 1.53 bits per heavy atom. The van der Waals surface area contributed by atoms with E-state index in [-0.39, 0.29) is 23.3 Å². The summed E-state index contributed by atoms with van der Waals surface area (Å²) in [6.45, 7) is 5.45. The normalized spacial score (nSPS) is 19.3. The number of nitrogens with zero attached hydrogens (tertiary/aromatic N) is 2. The molecular formula is C13H20N4O2. The maximum Gasteiger partial charge on any atom is 0.293 e. The zero-order valence-electron chi connectivity index (χ0n) is 11.3. The van der Waals surface area contributed by atoms with Crippen LogP contribution in [0, 0.1) is 5.92 Å². The average molecular weight is 264 g/mol. The number of hydrogen-bond donors (Lipinski definition) is 2. The molecule has 1 aliphatic rings. The molecule has 1 atom stereocenters. The highest BCUT2D eigenvalue weighted by Gasteiger charge is 2.23. The number of hydrogen-bond acceptors (Lipinski definition) is 4. The minimum Gasteiger partial charge on any atom is -0.354 e. The van der Waals surface area contributed by atoms with Crippen molar-refractivity contribution in [3.8, 4) is 0 Å². The van der Waals surface area contributed by atoms with Gasteiger partial charge in [-0.3, -0.25) is 9.59 Å². The van der Waals surface area contributed by atoms with Gasteiger partial charge >= 0.3 is 0 Å². The van der Waals surface area contributed by atoms with Crippen molar-refractivity contribution in [2.45, 2.75) is 39.3 Å². The van der Waals surface area contributed by atoms with Gasteiger partial charge in [-0.15, -0.1) is 0 Å². The molecule has 6 heteroatoms. The molecule has 6 nitrogen and oxygen atoms in total. The molecular weight excluding hydrogens is 244 g/mol. The van der Waals surface area contributed by atoms with E-state index in [9.17, 15) is 9.59 Å². The molecule has 0 aliphatic carbocycles. The van der Waals surface area contributed by atoms with E-state index in [0.29, 0.717) is 19.0 Å². The van der Waals surface area contributed by atoms with Crippen molar-refractivity contribution in [2.24, 2.45) is 5.92 Å². The SMILES string of the molecule is CC(C)Cn1ccnc(NC2CCCNC2=O)c1=O. The number of rotatable bonds is 4. The van der Waals surface area contributed by atoms with Gasteiger partial charge in [0.15, 0.2) is 5.82 Å². The molecule has 1 aromatic rings. The minimum atomic E-state index is -0.358.